The summed E-state index contributed by atoms with van der Waals surface area (Å²) in [4.78, 5) is 5.04. The van der Waals surface area contributed by atoms with Crippen LogP contribution in [0.1, 0.15) is 0 Å². The highest BCUT2D eigenvalue weighted by Gasteiger charge is 2.16. The van der Waals surface area contributed by atoms with E-state index in [0.717, 1.165) is 25.8 Å². The molecule has 0 N–H and O–H groups in total. The first-order chi connectivity index (χ1) is 14.3. The Labute approximate surface area is 180 Å². The van der Waals surface area contributed by atoms with Gasteiger partial charge in [-0.25, -0.2) is 4.98 Å². The van der Waals surface area contributed by atoms with Crippen molar-refractivity contribution in [2.24, 2.45) is 0 Å². The van der Waals surface area contributed by atoms with Crippen molar-refractivity contribution in [1.29, 1.82) is 0 Å². The van der Waals surface area contributed by atoms with Crippen LogP contribution in [0.2, 0.25) is 5.02 Å². The SMILES string of the molecule is Clc1cc2sc3ccccc3c2c2nc(-c3ccc(-c4ccccc4)cc3)sc12. The lowest BCUT2D eigenvalue weighted by molar-refractivity contribution is 1.49. The molecule has 0 aliphatic carbocycles. The van der Waals surface area contributed by atoms with E-state index < -0.39 is 0 Å². The molecular weight excluding hydrogens is 414 g/mol. The lowest BCUT2D eigenvalue weighted by Gasteiger charge is -2.02. The van der Waals surface area contributed by atoms with E-state index in [1.807, 2.05) is 6.07 Å². The molecule has 0 spiro atoms. The number of hydrogen-bond donors (Lipinski definition) is 0. The quantitative estimate of drug-likeness (QED) is 0.269. The van der Waals surface area contributed by atoms with Crippen molar-refractivity contribution in [3.8, 4) is 21.7 Å². The number of rotatable bonds is 2. The first-order valence-electron chi connectivity index (χ1n) is 9.34. The highest BCUT2D eigenvalue weighted by atomic mass is 35.5. The van der Waals surface area contributed by atoms with Crippen LogP contribution in [0.25, 0.3) is 52.1 Å². The second-order valence-corrected chi connectivity index (χ2v) is 9.46. The van der Waals surface area contributed by atoms with E-state index in [9.17, 15) is 0 Å². The third-order valence-electron chi connectivity index (χ3n) is 5.20. The van der Waals surface area contributed by atoms with E-state index in [-0.39, 0.29) is 0 Å². The summed E-state index contributed by atoms with van der Waals surface area (Å²) in [6.07, 6.45) is 0. The van der Waals surface area contributed by atoms with Crippen LogP contribution in [0, 0.1) is 0 Å². The van der Waals surface area contributed by atoms with Crippen molar-refractivity contribution >= 4 is 64.7 Å². The zero-order chi connectivity index (χ0) is 19.4. The zero-order valence-electron chi connectivity index (χ0n) is 15.2. The minimum absolute atomic E-state index is 0.781. The fraction of sp³-hybridized carbons (Fsp3) is 0. The minimum atomic E-state index is 0.781. The maximum Gasteiger partial charge on any atom is 0.124 e. The van der Waals surface area contributed by atoms with Gasteiger partial charge in [-0.1, -0.05) is 84.4 Å². The van der Waals surface area contributed by atoms with Gasteiger partial charge in [0.15, 0.2) is 0 Å². The number of benzene rings is 4. The first kappa shape index (κ1) is 17.2. The Morgan fingerprint density at radius 2 is 1.34 bits per heavy atom. The molecule has 0 radical (unpaired) electrons. The van der Waals surface area contributed by atoms with Crippen molar-refractivity contribution in [2.45, 2.75) is 0 Å². The van der Waals surface area contributed by atoms with Gasteiger partial charge in [-0.15, -0.1) is 22.7 Å². The lowest BCUT2D eigenvalue weighted by Crippen LogP contribution is -1.79. The van der Waals surface area contributed by atoms with Gasteiger partial charge in [-0.05, 0) is 23.3 Å². The van der Waals surface area contributed by atoms with E-state index in [1.54, 1.807) is 22.7 Å². The Hall–Kier alpha value is -2.72. The third-order valence-corrected chi connectivity index (χ3v) is 7.87. The van der Waals surface area contributed by atoms with Crippen molar-refractivity contribution in [1.82, 2.24) is 4.98 Å². The molecule has 2 heterocycles. The normalized spacial score (nSPS) is 11.6. The maximum absolute atomic E-state index is 6.65. The summed E-state index contributed by atoms with van der Waals surface area (Å²) < 4.78 is 3.53. The molecule has 6 rings (SSSR count). The average Bonchev–Trinajstić information content (AvgIpc) is 3.36. The lowest BCUT2D eigenvalue weighted by atomic mass is 10.0. The molecule has 4 aromatic carbocycles. The van der Waals surface area contributed by atoms with Gasteiger partial charge in [0.05, 0.1) is 15.2 Å². The minimum Gasteiger partial charge on any atom is -0.235 e. The van der Waals surface area contributed by atoms with Gasteiger partial charge in [0.25, 0.3) is 0 Å². The molecule has 6 aromatic rings. The fourth-order valence-corrected chi connectivity index (χ4v) is 6.31. The van der Waals surface area contributed by atoms with Crippen molar-refractivity contribution in [3.05, 3.63) is 90.0 Å². The molecule has 0 saturated heterocycles. The molecule has 4 heteroatoms. The predicted molar refractivity (Wildman–Crippen MR) is 128 cm³/mol. The van der Waals surface area contributed by atoms with Gasteiger partial charge in [-0.2, -0.15) is 0 Å². The third kappa shape index (κ3) is 2.77. The van der Waals surface area contributed by atoms with Gasteiger partial charge in [-0.3, -0.25) is 0 Å². The molecule has 1 nitrogen and oxygen atoms in total. The zero-order valence-corrected chi connectivity index (χ0v) is 17.6. The largest absolute Gasteiger partial charge is 0.235 e. The Bertz CT molecular complexity index is 1500. The molecule has 29 heavy (non-hydrogen) atoms. The number of aromatic nitrogens is 1. The number of halogens is 1. The Balaban J connectivity index is 1.53. The summed E-state index contributed by atoms with van der Waals surface area (Å²) in [5.41, 5.74) is 4.56. The van der Waals surface area contributed by atoms with E-state index in [2.05, 4.69) is 78.9 Å². The smallest absolute Gasteiger partial charge is 0.124 e. The average molecular weight is 428 g/mol. The van der Waals surface area contributed by atoms with Gasteiger partial charge < -0.3 is 0 Å². The van der Waals surface area contributed by atoms with Gasteiger partial charge in [0.1, 0.15) is 5.01 Å². The van der Waals surface area contributed by atoms with Crippen LogP contribution in [0.3, 0.4) is 0 Å². The van der Waals surface area contributed by atoms with Gasteiger partial charge in [0, 0.05) is 25.7 Å². The van der Waals surface area contributed by atoms with Gasteiger partial charge in [0.2, 0.25) is 0 Å². The molecule has 0 aliphatic rings. The molecule has 0 amide bonds. The molecule has 0 atom stereocenters. The summed E-state index contributed by atoms with van der Waals surface area (Å²) >= 11 is 10.1. The number of thiazole rings is 1. The fourth-order valence-electron chi connectivity index (χ4n) is 3.80. The van der Waals surface area contributed by atoms with Crippen LogP contribution in [0.4, 0.5) is 0 Å². The van der Waals surface area contributed by atoms with Crippen molar-refractivity contribution < 1.29 is 0 Å². The second kappa shape index (κ2) is 6.67. The Kier molecular flexibility index (Phi) is 3.95. The van der Waals surface area contributed by atoms with Crippen LogP contribution in [0.15, 0.2) is 84.9 Å². The van der Waals surface area contributed by atoms with Crippen LogP contribution in [-0.2, 0) is 0 Å². The predicted octanol–water partition coefficient (Wildman–Crippen LogP) is 8.65. The Morgan fingerprint density at radius 3 is 2.17 bits per heavy atom. The Morgan fingerprint density at radius 1 is 0.655 bits per heavy atom. The number of thiophene rings is 1. The molecule has 2 aromatic heterocycles. The van der Waals surface area contributed by atoms with Crippen molar-refractivity contribution in [2.75, 3.05) is 0 Å². The van der Waals surface area contributed by atoms with Crippen LogP contribution in [-0.4, -0.2) is 4.98 Å². The summed E-state index contributed by atoms with van der Waals surface area (Å²) in [6.45, 7) is 0. The standard InChI is InChI=1S/C25H14ClNS2/c26-19-14-21-22(18-8-4-5-9-20(18)28-21)23-24(19)29-25(27-23)17-12-10-16(11-13-17)15-6-2-1-3-7-15/h1-14H. The van der Waals surface area contributed by atoms with Crippen LogP contribution < -0.4 is 0 Å². The number of fused-ring (bicyclic) bond motifs is 5. The highest BCUT2D eigenvalue weighted by molar-refractivity contribution is 7.26. The highest BCUT2D eigenvalue weighted by Crippen LogP contribution is 2.44. The monoisotopic (exact) mass is 427 g/mol. The van der Waals surface area contributed by atoms with Gasteiger partial charge >= 0.3 is 0 Å². The summed E-state index contributed by atoms with van der Waals surface area (Å²) in [5, 5.41) is 4.26. The van der Waals surface area contributed by atoms with Crippen LogP contribution >= 0.6 is 34.3 Å². The van der Waals surface area contributed by atoms with E-state index in [4.69, 9.17) is 16.6 Å². The van der Waals surface area contributed by atoms with Crippen LogP contribution in [0.5, 0.6) is 0 Å². The van der Waals surface area contributed by atoms with E-state index in [1.165, 1.54) is 31.3 Å². The molecule has 138 valence electrons. The van der Waals surface area contributed by atoms with E-state index >= 15 is 0 Å². The summed E-state index contributed by atoms with van der Waals surface area (Å²) in [6, 6.07) is 29.6. The topological polar surface area (TPSA) is 12.9 Å². The summed E-state index contributed by atoms with van der Waals surface area (Å²) in [7, 11) is 0. The molecule has 0 aliphatic heterocycles. The second-order valence-electron chi connectivity index (χ2n) is 6.97. The summed E-state index contributed by atoms with van der Waals surface area (Å²) in [5.74, 6) is 0. The maximum atomic E-state index is 6.65. The van der Waals surface area contributed by atoms with Crippen molar-refractivity contribution in [3.63, 3.8) is 0 Å². The molecule has 0 saturated carbocycles. The molecule has 0 bridgehead atoms. The first-order valence-corrected chi connectivity index (χ1v) is 11.4. The molecule has 0 unspecified atom stereocenters. The molecular formula is C25H14ClNS2. The van der Waals surface area contributed by atoms with E-state index in [0.29, 0.717) is 0 Å². The molecule has 0 fully saturated rings. The number of hydrogen-bond acceptors (Lipinski definition) is 3. The number of nitrogens with zero attached hydrogens (tertiary/aromatic N) is 1.